The highest BCUT2D eigenvalue weighted by atomic mass is 32.2. The second-order valence-electron chi connectivity index (χ2n) is 7.14. The van der Waals surface area contributed by atoms with E-state index in [-0.39, 0.29) is 12.1 Å². The lowest BCUT2D eigenvalue weighted by Crippen LogP contribution is -2.48. The molecule has 152 valence electrons. The second-order valence-corrected chi connectivity index (χ2v) is 8.86. The van der Waals surface area contributed by atoms with Crippen molar-refractivity contribution in [2.45, 2.75) is 49.6 Å². The van der Waals surface area contributed by atoms with Crippen molar-refractivity contribution >= 4 is 15.7 Å². The average Bonchev–Trinajstić information content (AvgIpc) is 2.69. The van der Waals surface area contributed by atoms with Crippen LogP contribution in [0.5, 0.6) is 11.5 Å². The molecule has 0 amide bonds. The lowest BCUT2D eigenvalue weighted by Gasteiger charge is -2.33. The Hall–Kier alpha value is -2.25. The standard InChI is InChI=1S/C21H28N2O4S/c1-15-8-11-17(12-9-15)28(24,25)23-19-7-5-4-6-18(19)22-20-14-16(26-2)10-13-21(20)27-3/h8-14,18-19,22-23H,4-7H2,1-3H3/t18-,19-/m0/s1. The number of rotatable bonds is 7. The predicted molar refractivity (Wildman–Crippen MR) is 111 cm³/mol. The Morgan fingerprint density at radius 2 is 1.61 bits per heavy atom. The maximum absolute atomic E-state index is 12.8. The van der Waals surface area contributed by atoms with E-state index in [0.29, 0.717) is 10.6 Å². The molecule has 1 aliphatic carbocycles. The van der Waals surface area contributed by atoms with Crippen LogP contribution in [0.15, 0.2) is 47.4 Å². The highest BCUT2D eigenvalue weighted by Crippen LogP contribution is 2.32. The van der Waals surface area contributed by atoms with Gasteiger partial charge in [0.2, 0.25) is 10.0 Å². The first-order chi connectivity index (χ1) is 13.4. The van der Waals surface area contributed by atoms with E-state index in [4.69, 9.17) is 9.47 Å². The lowest BCUT2D eigenvalue weighted by molar-refractivity contribution is 0.374. The SMILES string of the molecule is COc1ccc(OC)c(N[C@H]2CCCC[C@@H]2NS(=O)(=O)c2ccc(C)cc2)c1. The molecule has 1 aliphatic rings. The molecule has 0 saturated heterocycles. The van der Waals surface area contributed by atoms with E-state index in [1.54, 1.807) is 26.4 Å². The maximum atomic E-state index is 12.8. The summed E-state index contributed by atoms with van der Waals surface area (Å²) in [5.41, 5.74) is 1.83. The van der Waals surface area contributed by atoms with Gasteiger partial charge in [-0.2, -0.15) is 0 Å². The van der Waals surface area contributed by atoms with Crippen LogP contribution in [0.3, 0.4) is 0 Å². The molecule has 3 rings (SSSR count). The summed E-state index contributed by atoms with van der Waals surface area (Å²) in [5, 5.41) is 3.48. The third-order valence-corrected chi connectivity index (χ3v) is 6.66. The summed E-state index contributed by atoms with van der Waals surface area (Å²) < 4.78 is 39.4. The van der Waals surface area contributed by atoms with E-state index in [1.165, 1.54) is 0 Å². The maximum Gasteiger partial charge on any atom is 0.240 e. The van der Waals surface area contributed by atoms with Crippen LogP contribution < -0.4 is 19.5 Å². The van der Waals surface area contributed by atoms with Crippen molar-refractivity contribution in [1.82, 2.24) is 4.72 Å². The first-order valence-electron chi connectivity index (χ1n) is 9.50. The number of sulfonamides is 1. The summed E-state index contributed by atoms with van der Waals surface area (Å²) in [6.45, 7) is 1.94. The fraction of sp³-hybridized carbons (Fsp3) is 0.429. The predicted octanol–water partition coefficient (Wildman–Crippen LogP) is 3.71. The fourth-order valence-corrected chi connectivity index (χ4v) is 4.87. The van der Waals surface area contributed by atoms with Gasteiger partial charge in [-0.3, -0.25) is 0 Å². The molecule has 28 heavy (non-hydrogen) atoms. The number of aryl methyl sites for hydroxylation is 1. The number of nitrogens with one attached hydrogen (secondary N) is 2. The zero-order valence-electron chi connectivity index (χ0n) is 16.6. The number of methoxy groups -OCH3 is 2. The van der Waals surface area contributed by atoms with E-state index >= 15 is 0 Å². The first kappa shape index (κ1) is 20.5. The molecule has 2 N–H and O–H groups in total. The van der Waals surface area contributed by atoms with Crippen LogP contribution in [0.4, 0.5) is 5.69 Å². The van der Waals surface area contributed by atoms with Gasteiger partial charge in [0.05, 0.1) is 24.8 Å². The van der Waals surface area contributed by atoms with E-state index in [9.17, 15) is 8.42 Å². The molecule has 6 nitrogen and oxygen atoms in total. The Morgan fingerprint density at radius 1 is 0.929 bits per heavy atom. The summed E-state index contributed by atoms with van der Waals surface area (Å²) in [7, 11) is -0.344. The molecule has 2 aromatic rings. The molecule has 0 bridgehead atoms. The minimum absolute atomic E-state index is 0.0324. The first-order valence-corrected chi connectivity index (χ1v) is 11.0. The third-order valence-electron chi connectivity index (χ3n) is 5.15. The van der Waals surface area contributed by atoms with Gasteiger partial charge < -0.3 is 14.8 Å². The van der Waals surface area contributed by atoms with Gasteiger partial charge in [0.15, 0.2) is 0 Å². The van der Waals surface area contributed by atoms with Crippen LogP contribution >= 0.6 is 0 Å². The molecule has 0 aromatic heterocycles. The number of ether oxygens (including phenoxy) is 2. The van der Waals surface area contributed by atoms with Gasteiger partial charge in [0, 0.05) is 18.2 Å². The molecule has 1 saturated carbocycles. The Labute approximate surface area is 167 Å². The summed E-state index contributed by atoms with van der Waals surface area (Å²) in [5.74, 6) is 1.42. The van der Waals surface area contributed by atoms with Gasteiger partial charge >= 0.3 is 0 Å². The zero-order valence-corrected chi connectivity index (χ0v) is 17.4. The molecule has 0 unspecified atom stereocenters. The number of hydrogen-bond donors (Lipinski definition) is 2. The molecule has 0 heterocycles. The molecule has 1 fully saturated rings. The lowest BCUT2D eigenvalue weighted by atomic mass is 9.91. The molecule has 2 atom stereocenters. The van der Waals surface area contributed by atoms with Gasteiger partial charge in [0.25, 0.3) is 0 Å². The Balaban J connectivity index is 1.80. The highest BCUT2D eigenvalue weighted by Gasteiger charge is 2.30. The van der Waals surface area contributed by atoms with Crippen molar-refractivity contribution in [2.24, 2.45) is 0 Å². The van der Waals surface area contributed by atoms with Crippen LogP contribution in [0.2, 0.25) is 0 Å². The van der Waals surface area contributed by atoms with Crippen molar-refractivity contribution in [1.29, 1.82) is 0 Å². The molecule has 0 radical (unpaired) electrons. The summed E-state index contributed by atoms with van der Waals surface area (Å²) in [6, 6.07) is 12.2. The Morgan fingerprint density at radius 3 is 2.25 bits per heavy atom. The topological polar surface area (TPSA) is 76.7 Å². The van der Waals surface area contributed by atoms with Crippen molar-refractivity contribution in [3.05, 3.63) is 48.0 Å². The van der Waals surface area contributed by atoms with E-state index in [1.807, 2.05) is 37.3 Å². The Kier molecular flexibility index (Phi) is 6.46. The van der Waals surface area contributed by atoms with Gasteiger partial charge in [0.1, 0.15) is 11.5 Å². The van der Waals surface area contributed by atoms with Crippen LogP contribution in [0.25, 0.3) is 0 Å². The molecule has 2 aromatic carbocycles. The van der Waals surface area contributed by atoms with Crippen molar-refractivity contribution < 1.29 is 17.9 Å². The quantitative estimate of drug-likeness (QED) is 0.736. The van der Waals surface area contributed by atoms with Gasteiger partial charge in [-0.1, -0.05) is 30.5 Å². The van der Waals surface area contributed by atoms with Crippen molar-refractivity contribution in [2.75, 3.05) is 19.5 Å². The largest absolute Gasteiger partial charge is 0.497 e. The van der Waals surface area contributed by atoms with E-state index < -0.39 is 10.0 Å². The van der Waals surface area contributed by atoms with Gasteiger partial charge in [-0.25, -0.2) is 13.1 Å². The van der Waals surface area contributed by atoms with Crippen LogP contribution in [0.1, 0.15) is 31.2 Å². The summed E-state index contributed by atoms with van der Waals surface area (Å²) in [4.78, 5) is 0.293. The smallest absolute Gasteiger partial charge is 0.240 e. The normalized spacial score (nSPS) is 19.8. The van der Waals surface area contributed by atoms with E-state index in [2.05, 4.69) is 10.0 Å². The third kappa shape index (κ3) is 4.77. The molecule has 0 spiro atoms. The summed E-state index contributed by atoms with van der Waals surface area (Å²) >= 11 is 0. The minimum atomic E-state index is -3.58. The molecule has 0 aliphatic heterocycles. The van der Waals surface area contributed by atoms with Crippen LogP contribution in [-0.2, 0) is 10.0 Å². The molecular formula is C21H28N2O4S. The van der Waals surface area contributed by atoms with E-state index in [0.717, 1.165) is 42.7 Å². The van der Waals surface area contributed by atoms with Crippen LogP contribution in [0, 0.1) is 6.92 Å². The zero-order chi connectivity index (χ0) is 20.1. The van der Waals surface area contributed by atoms with Gasteiger partial charge in [-0.05, 0) is 44.0 Å². The Bertz CT molecular complexity index is 897. The van der Waals surface area contributed by atoms with Crippen molar-refractivity contribution in [3.63, 3.8) is 0 Å². The monoisotopic (exact) mass is 404 g/mol. The minimum Gasteiger partial charge on any atom is -0.497 e. The number of anilines is 1. The average molecular weight is 405 g/mol. The molecule has 7 heteroatoms. The van der Waals surface area contributed by atoms with Crippen molar-refractivity contribution in [3.8, 4) is 11.5 Å². The number of benzene rings is 2. The molecular weight excluding hydrogens is 376 g/mol. The fourth-order valence-electron chi connectivity index (χ4n) is 3.56. The van der Waals surface area contributed by atoms with Crippen LogP contribution in [-0.4, -0.2) is 34.7 Å². The summed E-state index contributed by atoms with van der Waals surface area (Å²) in [6.07, 6.45) is 3.71. The highest BCUT2D eigenvalue weighted by molar-refractivity contribution is 7.89. The number of hydrogen-bond acceptors (Lipinski definition) is 5. The van der Waals surface area contributed by atoms with Gasteiger partial charge in [-0.15, -0.1) is 0 Å². The second kappa shape index (κ2) is 8.84.